The first kappa shape index (κ1) is 16.1. The number of thioether (sulfide) groups is 1. The molecule has 2 amide bonds. The van der Waals surface area contributed by atoms with Crippen LogP contribution in [0.3, 0.4) is 0 Å². The van der Waals surface area contributed by atoms with E-state index < -0.39 is 0 Å². The van der Waals surface area contributed by atoms with Gasteiger partial charge >= 0.3 is 0 Å². The van der Waals surface area contributed by atoms with Crippen molar-refractivity contribution in [1.29, 1.82) is 0 Å². The molecule has 2 aromatic rings. The Kier molecular flexibility index (Phi) is 4.31. The fourth-order valence-electron chi connectivity index (χ4n) is 2.39. The van der Waals surface area contributed by atoms with Crippen molar-refractivity contribution in [2.45, 2.75) is 13.5 Å². The van der Waals surface area contributed by atoms with Gasteiger partial charge in [-0.25, -0.2) is 0 Å². The van der Waals surface area contributed by atoms with Crippen molar-refractivity contribution in [2.75, 3.05) is 0 Å². The van der Waals surface area contributed by atoms with Crippen LogP contribution in [0.2, 0.25) is 0 Å². The van der Waals surface area contributed by atoms with Crippen LogP contribution in [-0.4, -0.2) is 26.3 Å². The van der Waals surface area contributed by atoms with Crippen LogP contribution < -0.4 is 0 Å². The summed E-state index contributed by atoms with van der Waals surface area (Å²) in [4.78, 5) is 26.1. The molecule has 1 aliphatic rings. The molecule has 2 N–H and O–H groups in total. The predicted molar refractivity (Wildman–Crippen MR) is 92.5 cm³/mol. The smallest absolute Gasteiger partial charge is 0.293 e. The topological polar surface area (TPSA) is 77.8 Å². The number of carbonyl (C=O) groups excluding carboxylic acids is 2. The molecule has 1 heterocycles. The number of aryl methyl sites for hydroxylation is 1. The lowest BCUT2D eigenvalue weighted by molar-refractivity contribution is -0.123. The van der Waals surface area contributed by atoms with Crippen molar-refractivity contribution in [2.24, 2.45) is 0 Å². The minimum Gasteiger partial charge on any atom is -0.508 e. The first-order valence-electron chi connectivity index (χ1n) is 7.27. The Labute approximate surface area is 143 Å². The van der Waals surface area contributed by atoms with E-state index in [0.29, 0.717) is 5.56 Å². The van der Waals surface area contributed by atoms with E-state index in [4.69, 9.17) is 0 Å². The van der Waals surface area contributed by atoms with Crippen LogP contribution in [0.4, 0.5) is 4.79 Å². The second-order valence-corrected chi connectivity index (χ2v) is 6.43. The summed E-state index contributed by atoms with van der Waals surface area (Å²) in [5.41, 5.74) is 2.29. The molecule has 0 unspecified atom stereocenters. The zero-order valence-corrected chi connectivity index (χ0v) is 13.7. The third-order valence-electron chi connectivity index (χ3n) is 3.76. The Morgan fingerprint density at radius 3 is 2.58 bits per heavy atom. The number of hydrogen-bond acceptors (Lipinski definition) is 5. The fourth-order valence-corrected chi connectivity index (χ4v) is 3.22. The van der Waals surface area contributed by atoms with Crippen LogP contribution in [0.5, 0.6) is 11.5 Å². The molecule has 1 fully saturated rings. The van der Waals surface area contributed by atoms with E-state index in [1.54, 1.807) is 0 Å². The molecule has 3 rings (SSSR count). The molecule has 6 heteroatoms. The second kappa shape index (κ2) is 6.41. The number of phenols is 2. The molecule has 0 saturated carbocycles. The first-order valence-corrected chi connectivity index (χ1v) is 8.09. The van der Waals surface area contributed by atoms with Crippen molar-refractivity contribution in [3.05, 3.63) is 64.1 Å². The van der Waals surface area contributed by atoms with Crippen molar-refractivity contribution in [3.63, 3.8) is 0 Å². The van der Waals surface area contributed by atoms with E-state index in [1.807, 2.05) is 31.2 Å². The summed E-state index contributed by atoms with van der Waals surface area (Å²) in [6.07, 6.45) is 1.46. The summed E-state index contributed by atoms with van der Waals surface area (Å²) in [6, 6.07) is 11.7. The Balaban J connectivity index is 1.86. The first-order chi connectivity index (χ1) is 11.5. The molecule has 0 atom stereocenters. The van der Waals surface area contributed by atoms with Gasteiger partial charge in [0, 0.05) is 11.6 Å². The standard InChI is InChI=1S/C18H15NO4S/c1-11-4-2-3-5-13(11)10-19-17(22)16(24-18(19)23)8-12-6-7-14(20)9-15(12)21/h2-9,20-21H,10H2,1H3/b16-8-. The van der Waals surface area contributed by atoms with Gasteiger partial charge in [-0.3, -0.25) is 14.5 Å². The molecule has 0 aliphatic carbocycles. The number of nitrogens with zero attached hydrogens (tertiary/aromatic N) is 1. The molecule has 0 bridgehead atoms. The molecule has 0 spiro atoms. The molecular weight excluding hydrogens is 326 g/mol. The Bertz CT molecular complexity index is 860. The minimum absolute atomic E-state index is 0.0719. The van der Waals surface area contributed by atoms with Crippen LogP contribution in [0.15, 0.2) is 47.4 Å². The van der Waals surface area contributed by atoms with Gasteiger partial charge in [-0.2, -0.15) is 0 Å². The van der Waals surface area contributed by atoms with Crippen LogP contribution in [0.1, 0.15) is 16.7 Å². The zero-order valence-electron chi connectivity index (χ0n) is 12.9. The summed E-state index contributed by atoms with van der Waals surface area (Å²) in [5, 5.41) is 18.8. The average molecular weight is 341 g/mol. The molecule has 122 valence electrons. The molecular formula is C18H15NO4S. The van der Waals surface area contributed by atoms with Gasteiger partial charge in [0.25, 0.3) is 11.1 Å². The quantitative estimate of drug-likeness (QED) is 0.833. The average Bonchev–Trinajstić information content (AvgIpc) is 2.79. The SMILES string of the molecule is Cc1ccccc1CN1C(=O)S/C(=C\c2ccc(O)cc2O)C1=O. The number of aromatic hydroxyl groups is 2. The number of carbonyl (C=O) groups is 2. The van der Waals surface area contributed by atoms with Gasteiger partial charge in [0.2, 0.25) is 0 Å². The number of hydrogen-bond donors (Lipinski definition) is 2. The number of amides is 2. The van der Waals surface area contributed by atoms with Gasteiger partial charge in [0.15, 0.2) is 0 Å². The van der Waals surface area contributed by atoms with Crippen molar-refractivity contribution in [1.82, 2.24) is 4.90 Å². The van der Waals surface area contributed by atoms with E-state index in [0.717, 1.165) is 22.9 Å². The largest absolute Gasteiger partial charge is 0.508 e. The van der Waals surface area contributed by atoms with E-state index in [2.05, 4.69) is 0 Å². The van der Waals surface area contributed by atoms with Gasteiger partial charge in [-0.1, -0.05) is 24.3 Å². The van der Waals surface area contributed by atoms with Gasteiger partial charge in [0.1, 0.15) is 11.5 Å². The van der Waals surface area contributed by atoms with E-state index in [9.17, 15) is 19.8 Å². The summed E-state index contributed by atoms with van der Waals surface area (Å²) >= 11 is 0.840. The number of phenolic OH excluding ortho intramolecular Hbond substituents is 2. The Morgan fingerprint density at radius 2 is 1.88 bits per heavy atom. The zero-order chi connectivity index (χ0) is 17.3. The Hall–Kier alpha value is -2.73. The molecule has 24 heavy (non-hydrogen) atoms. The molecule has 0 aromatic heterocycles. The summed E-state index contributed by atoms with van der Waals surface area (Å²) in [6.45, 7) is 2.15. The highest BCUT2D eigenvalue weighted by molar-refractivity contribution is 8.18. The lowest BCUT2D eigenvalue weighted by Crippen LogP contribution is -2.27. The lowest BCUT2D eigenvalue weighted by atomic mass is 10.1. The van der Waals surface area contributed by atoms with Gasteiger partial charge in [0.05, 0.1) is 11.4 Å². The van der Waals surface area contributed by atoms with Crippen molar-refractivity contribution >= 4 is 29.0 Å². The minimum atomic E-state index is -0.388. The summed E-state index contributed by atoms with van der Waals surface area (Å²) in [5.74, 6) is -0.612. The summed E-state index contributed by atoms with van der Waals surface area (Å²) < 4.78 is 0. The highest BCUT2D eigenvalue weighted by Crippen LogP contribution is 2.35. The highest BCUT2D eigenvalue weighted by atomic mass is 32.2. The van der Waals surface area contributed by atoms with Crippen molar-refractivity contribution in [3.8, 4) is 11.5 Å². The van der Waals surface area contributed by atoms with Crippen molar-refractivity contribution < 1.29 is 19.8 Å². The van der Waals surface area contributed by atoms with Gasteiger partial charge < -0.3 is 10.2 Å². The van der Waals surface area contributed by atoms with Crippen LogP contribution >= 0.6 is 11.8 Å². The third-order valence-corrected chi connectivity index (χ3v) is 4.67. The maximum absolute atomic E-state index is 12.5. The Morgan fingerprint density at radius 1 is 1.12 bits per heavy atom. The van der Waals surface area contributed by atoms with E-state index in [1.165, 1.54) is 29.2 Å². The monoisotopic (exact) mass is 341 g/mol. The molecule has 0 radical (unpaired) electrons. The fraction of sp³-hybridized carbons (Fsp3) is 0.111. The highest BCUT2D eigenvalue weighted by Gasteiger charge is 2.35. The predicted octanol–water partition coefficient (Wildman–Crippen LogP) is 3.64. The maximum Gasteiger partial charge on any atom is 0.293 e. The van der Waals surface area contributed by atoms with E-state index in [-0.39, 0.29) is 34.1 Å². The molecule has 1 aliphatic heterocycles. The number of rotatable bonds is 3. The van der Waals surface area contributed by atoms with Crippen LogP contribution in [-0.2, 0) is 11.3 Å². The molecule has 5 nitrogen and oxygen atoms in total. The van der Waals surface area contributed by atoms with Gasteiger partial charge in [-0.15, -0.1) is 0 Å². The molecule has 1 saturated heterocycles. The van der Waals surface area contributed by atoms with Gasteiger partial charge in [-0.05, 0) is 48.0 Å². The lowest BCUT2D eigenvalue weighted by Gasteiger charge is -2.14. The third kappa shape index (κ3) is 3.14. The maximum atomic E-state index is 12.5. The normalized spacial score (nSPS) is 16.2. The van der Waals surface area contributed by atoms with Crippen LogP contribution in [0.25, 0.3) is 6.08 Å². The number of imide groups is 1. The number of benzene rings is 2. The van der Waals surface area contributed by atoms with E-state index >= 15 is 0 Å². The summed E-state index contributed by atoms with van der Waals surface area (Å²) in [7, 11) is 0. The van der Waals surface area contributed by atoms with Crippen LogP contribution in [0, 0.1) is 6.92 Å². The molecule has 2 aromatic carbocycles. The second-order valence-electron chi connectivity index (χ2n) is 5.44.